The van der Waals surface area contributed by atoms with Gasteiger partial charge < -0.3 is 15.2 Å². The van der Waals surface area contributed by atoms with E-state index in [-0.39, 0.29) is 24.9 Å². The molecule has 0 aromatic heterocycles. The molecule has 28 heavy (non-hydrogen) atoms. The van der Waals surface area contributed by atoms with Crippen LogP contribution in [-0.2, 0) is 11.2 Å². The van der Waals surface area contributed by atoms with Crippen molar-refractivity contribution in [3.8, 4) is 5.75 Å². The monoisotopic (exact) mass is 386 g/mol. The fourth-order valence-electron chi connectivity index (χ4n) is 3.46. The van der Waals surface area contributed by atoms with Crippen molar-refractivity contribution in [1.82, 2.24) is 10.2 Å². The third kappa shape index (κ3) is 6.32. The lowest BCUT2D eigenvalue weighted by atomic mass is 9.93. The van der Waals surface area contributed by atoms with Gasteiger partial charge in [-0.1, -0.05) is 30.3 Å². The van der Waals surface area contributed by atoms with E-state index in [1.807, 2.05) is 35.2 Å². The zero-order valence-electron chi connectivity index (χ0n) is 15.9. The fourth-order valence-corrected chi connectivity index (χ4v) is 3.46. The molecular formula is C22H27FN2O3. The summed E-state index contributed by atoms with van der Waals surface area (Å²) in [6.45, 7) is 2.11. The standard InChI is InChI=1S/C22H27FN2O3/c23-19-7-9-20(10-8-19)28-17-22(27)12-4-14-25(16-22)15-21(26)24-13-11-18-5-2-1-3-6-18/h1-3,5-10,27H,4,11-17H2,(H,24,26). The van der Waals surface area contributed by atoms with Gasteiger partial charge in [-0.05, 0) is 55.6 Å². The Balaban J connectivity index is 1.41. The number of carbonyl (C=O) groups excluding carboxylic acids is 1. The van der Waals surface area contributed by atoms with Crippen LogP contribution in [0.1, 0.15) is 18.4 Å². The van der Waals surface area contributed by atoms with E-state index < -0.39 is 5.60 Å². The van der Waals surface area contributed by atoms with Crippen molar-refractivity contribution in [3.05, 3.63) is 66.0 Å². The van der Waals surface area contributed by atoms with Crippen molar-refractivity contribution in [2.75, 3.05) is 32.8 Å². The molecule has 3 rings (SSSR count). The average molecular weight is 386 g/mol. The van der Waals surface area contributed by atoms with E-state index in [4.69, 9.17) is 4.74 Å². The number of nitrogens with zero attached hydrogens (tertiary/aromatic N) is 1. The molecule has 5 nitrogen and oxygen atoms in total. The van der Waals surface area contributed by atoms with E-state index in [2.05, 4.69) is 5.32 Å². The van der Waals surface area contributed by atoms with Crippen molar-refractivity contribution in [1.29, 1.82) is 0 Å². The lowest BCUT2D eigenvalue weighted by Crippen LogP contribution is -2.53. The van der Waals surface area contributed by atoms with Crippen LogP contribution >= 0.6 is 0 Å². The van der Waals surface area contributed by atoms with Crippen molar-refractivity contribution in [2.24, 2.45) is 0 Å². The molecule has 1 aliphatic rings. The predicted molar refractivity (Wildman–Crippen MR) is 106 cm³/mol. The Labute approximate surface area is 165 Å². The summed E-state index contributed by atoms with van der Waals surface area (Å²) in [6, 6.07) is 15.8. The molecule has 0 radical (unpaired) electrons. The van der Waals surface area contributed by atoms with Gasteiger partial charge in [-0.3, -0.25) is 9.69 Å². The normalized spacial score (nSPS) is 19.9. The molecule has 6 heteroatoms. The van der Waals surface area contributed by atoms with Gasteiger partial charge in [0, 0.05) is 13.1 Å². The summed E-state index contributed by atoms with van der Waals surface area (Å²) in [7, 11) is 0. The summed E-state index contributed by atoms with van der Waals surface area (Å²) >= 11 is 0. The lowest BCUT2D eigenvalue weighted by molar-refractivity contribution is -0.124. The molecule has 1 amide bonds. The number of hydrogen-bond acceptors (Lipinski definition) is 4. The number of aliphatic hydroxyl groups is 1. The number of hydrogen-bond donors (Lipinski definition) is 2. The summed E-state index contributed by atoms with van der Waals surface area (Å²) < 4.78 is 18.6. The number of amides is 1. The number of likely N-dealkylation sites (tertiary alicyclic amines) is 1. The Morgan fingerprint density at radius 2 is 1.93 bits per heavy atom. The maximum Gasteiger partial charge on any atom is 0.234 e. The number of nitrogens with one attached hydrogen (secondary N) is 1. The molecule has 0 bridgehead atoms. The molecule has 1 saturated heterocycles. The molecule has 2 aromatic carbocycles. The van der Waals surface area contributed by atoms with Crippen molar-refractivity contribution >= 4 is 5.91 Å². The molecule has 150 valence electrons. The minimum atomic E-state index is -1.02. The Hall–Kier alpha value is -2.44. The Bertz CT molecular complexity index is 754. The van der Waals surface area contributed by atoms with Gasteiger partial charge in [0.25, 0.3) is 0 Å². The van der Waals surface area contributed by atoms with Crippen LogP contribution in [0.5, 0.6) is 5.75 Å². The van der Waals surface area contributed by atoms with Crippen LogP contribution in [0, 0.1) is 5.82 Å². The smallest absolute Gasteiger partial charge is 0.234 e. The molecular weight excluding hydrogens is 359 g/mol. The van der Waals surface area contributed by atoms with E-state index in [1.165, 1.54) is 17.7 Å². The number of ether oxygens (including phenoxy) is 1. The largest absolute Gasteiger partial charge is 0.491 e. The van der Waals surface area contributed by atoms with E-state index >= 15 is 0 Å². The summed E-state index contributed by atoms with van der Waals surface area (Å²) in [5.74, 6) is 0.151. The summed E-state index contributed by atoms with van der Waals surface area (Å²) in [4.78, 5) is 14.2. The van der Waals surface area contributed by atoms with E-state index in [0.29, 0.717) is 25.3 Å². The number of benzene rings is 2. The lowest BCUT2D eigenvalue weighted by Gasteiger charge is -2.38. The number of carbonyl (C=O) groups is 1. The first kappa shape index (κ1) is 20.3. The molecule has 0 aliphatic carbocycles. The van der Waals surface area contributed by atoms with Gasteiger partial charge in [-0.2, -0.15) is 0 Å². The van der Waals surface area contributed by atoms with Gasteiger partial charge >= 0.3 is 0 Å². The van der Waals surface area contributed by atoms with Crippen molar-refractivity contribution in [3.63, 3.8) is 0 Å². The van der Waals surface area contributed by atoms with Gasteiger partial charge in [0.15, 0.2) is 0 Å². The second kappa shape index (κ2) is 9.66. The number of β-amino-alcohol motifs (C(OH)–C–C–N with tert-alkyl or cyclic N) is 1. The maximum absolute atomic E-state index is 13.0. The molecule has 1 unspecified atom stereocenters. The predicted octanol–water partition coefficient (Wildman–Crippen LogP) is 2.39. The second-order valence-corrected chi connectivity index (χ2v) is 7.37. The van der Waals surface area contributed by atoms with Crippen LogP contribution < -0.4 is 10.1 Å². The Morgan fingerprint density at radius 1 is 1.18 bits per heavy atom. The average Bonchev–Trinajstić information content (AvgIpc) is 2.68. The zero-order chi connectivity index (χ0) is 19.8. The fraction of sp³-hybridized carbons (Fsp3) is 0.409. The molecule has 1 atom stereocenters. The minimum Gasteiger partial charge on any atom is -0.491 e. The Kier molecular flexibility index (Phi) is 7.01. The molecule has 1 heterocycles. The third-order valence-corrected chi connectivity index (χ3v) is 4.90. The summed E-state index contributed by atoms with van der Waals surface area (Å²) in [5, 5.41) is 13.8. The highest BCUT2D eigenvalue weighted by Gasteiger charge is 2.34. The van der Waals surface area contributed by atoms with E-state index in [9.17, 15) is 14.3 Å². The van der Waals surface area contributed by atoms with Crippen LogP contribution in [0.2, 0.25) is 0 Å². The van der Waals surface area contributed by atoms with Gasteiger partial charge in [0.1, 0.15) is 23.8 Å². The highest BCUT2D eigenvalue weighted by molar-refractivity contribution is 5.78. The van der Waals surface area contributed by atoms with Crippen LogP contribution in [0.4, 0.5) is 4.39 Å². The SMILES string of the molecule is O=C(CN1CCCC(O)(COc2ccc(F)cc2)C1)NCCc1ccccc1. The first-order valence-corrected chi connectivity index (χ1v) is 9.66. The van der Waals surface area contributed by atoms with Gasteiger partial charge in [0.05, 0.1) is 6.54 Å². The minimum absolute atomic E-state index is 0.0420. The van der Waals surface area contributed by atoms with Crippen LogP contribution in [-0.4, -0.2) is 54.3 Å². The first-order chi connectivity index (χ1) is 13.5. The molecule has 2 aromatic rings. The quantitative estimate of drug-likeness (QED) is 0.731. The number of rotatable bonds is 8. The molecule has 0 spiro atoms. The topological polar surface area (TPSA) is 61.8 Å². The molecule has 1 fully saturated rings. The van der Waals surface area contributed by atoms with E-state index in [1.54, 1.807) is 12.1 Å². The Morgan fingerprint density at radius 3 is 2.68 bits per heavy atom. The highest BCUT2D eigenvalue weighted by Crippen LogP contribution is 2.23. The second-order valence-electron chi connectivity index (χ2n) is 7.37. The number of halogens is 1. The zero-order valence-corrected chi connectivity index (χ0v) is 15.9. The van der Waals surface area contributed by atoms with Gasteiger partial charge in [-0.15, -0.1) is 0 Å². The summed E-state index contributed by atoms with van der Waals surface area (Å²) in [5.41, 5.74) is 0.171. The first-order valence-electron chi connectivity index (χ1n) is 9.66. The molecule has 0 saturated carbocycles. The van der Waals surface area contributed by atoms with Gasteiger partial charge in [-0.25, -0.2) is 4.39 Å². The van der Waals surface area contributed by atoms with Crippen LogP contribution in [0.3, 0.4) is 0 Å². The maximum atomic E-state index is 13.0. The summed E-state index contributed by atoms with van der Waals surface area (Å²) in [6.07, 6.45) is 2.20. The van der Waals surface area contributed by atoms with Crippen LogP contribution in [0.25, 0.3) is 0 Å². The van der Waals surface area contributed by atoms with Crippen LogP contribution in [0.15, 0.2) is 54.6 Å². The van der Waals surface area contributed by atoms with E-state index in [0.717, 1.165) is 19.4 Å². The third-order valence-electron chi connectivity index (χ3n) is 4.90. The van der Waals surface area contributed by atoms with Gasteiger partial charge in [0.2, 0.25) is 5.91 Å². The number of piperidine rings is 1. The highest BCUT2D eigenvalue weighted by atomic mass is 19.1. The molecule has 1 aliphatic heterocycles. The molecule has 2 N–H and O–H groups in total. The van der Waals surface area contributed by atoms with Crippen molar-refractivity contribution in [2.45, 2.75) is 24.9 Å². The van der Waals surface area contributed by atoms with Crippen molar-refractivity contribution < 1.29 is 19.0 Å².